The fourth-order valence-corrected chi connectivity index (χ4v) is 4.32. The van der Waals surface area contributed by atoms with Gasteiger partial charge in [-0.3, -0.25) is 9.32 Å². The lowest BCUT2D eigenvalue weighted by Crippen LogP contribution is -2.54. The number of carbonyl (C=O) groups is 1. The molecule has 2 N–H and O–H groups in total. The molecule has 6 nitrogen and oxygen atoms in total. The van der Waals surface area contributed by atoms with Crippen LogP contribution >= 0.6 is 7.82 Å². The van der Waals surface area contributed by atoms with Crippen molar-refractivity contribution in [2.75, 3.05) is 13.1 Å². The number of hydrogen-bond donors (Lipinski definition) is 2. The summed E-state index contributed by atoms with van der Waals surface area (Å²) in [7, 11) is -4.46. The van der Waals surface area contributed by atoms with E-state index in [1.54, 1.807) is 4.90 Å². The molecule has 1 amide bonds. The standard InChI is InChI=1S/C22H36NO5P/c1-2-3-4-5-6-7-12-19-13-8-9-14-20(19)15-10-11-16-22(24)23-17-21(18-23)28-29(25,26)27/h8-9,13-14,21H,2-7,10-12,15-18H2,1H3,(H2,25,26,27). The molecule has 1 aliphatic rings. The van der Waals surface area contributed by atoms with Crippen LogP contribution in [0.25, 0.3) is 0 Å². The molecule has 1 saturated heterocycles. The maximum atomic E-state index is 12.1. The van der Waals surface area contributed by atoms with Gasteiger partial charge in [-0.1, -0.05) is 63.3 Å². The first kappa shape index (κ1) is 24.1. The maximum Gasteiger partial charge on any atom is 0.469 e. The van der Waals surface area contributed by atoms with Crippen LogP contribution in [-0.4, -0.2) is 39.8 Å². The van der Waals surface area contributed by atoms with E-state index in [1.807, 2.05) is 0 Å². The molecule has 164 valence electrons. The number of nitrogens with zero attached hydrogens (tertiary/aromatic N) is 1. The minimum atomic E-state index is -4.46. The summed E-state index contributed by atoms with van der Waals surface area (Å²) in [5.74, 6) is 0.0379. The van der Waals surface area contributed by atoms with Crippen molar-refractivity contribution < 1.29 is 23.7 Å². The van der Waals surface area contributed by atoms with Crippen LogP contribution < -0.4 is 0 Å². The molecular weight excluding hydrogens is 389 g/mol. The molecule has 0 aromatic heterocycles. The average molecular weight is 426 g/mol. The van der Waals surface area contributed by atoms with E-state index in [0.29, 0.717) is 6.42 Å². The van der Waals surface area contributed by atoms with Crippen molar-refractivity contribution in [3.05, 3.63) is 35.4 Å². The van der Waals surface area contributed by atoms with Gasteiger partial charge in [0.25, 0.3) is 0 Å². The van der Waals surface area contributed by atoms with Crippen LogP contribution in [0.3, 0.4) is 0 Å². The number of likely N-dealkylation sites (tertiary alicyclic amines) is 1. The average Bonchev–Trinajstić information content (AvgIpc) is 2.64. The minimum absolute atomic E-state index is 0.0379. The van der Waals surface area contributed by atoms with E-state index < -0.39 is 13.9 Å². The lowest BCUT2D eigenvalue weighted by atomic mass is 9.96. The highest BCUT2D eigenvalue weighted by Gasteiger charge is 2.35. The van der Waals surface area contributed by atoms with Crippen molar-refractivity contribution in [2.45, 2.75) is 83.7 Å². The fraction of sp³-hybridized carbons (Fsp3) is 0.682. The van der Waals surface area contributed by atoms with E-state index in [2.05, 4.69) is 35.7 Å². The highest BCUT2D eigenvalue weighted by atomic mass is 31.2. The van der Waals surface area contributed by atoms with Gasteiger partial charge in [0.2, 0.25) is 5.91 Å². The molecule has 29 heavy (non-hydrogen) atoms. The second-order valence-corrected chi connectivity index (χ2v) is 9.20. The van der Waals surface area contributed by atoms with Crippen LogP contribution in [-0.2, 0) is 26.7 Å². The predicted molar refractivity (Wildman–Crippen MR) is 115 cm³/mol. The highest BCUT2D eigenvalue weighted by molar-refractivity contribution is 7.46. The van der Waals surface area contributed by atoms with Gasteiger partial charge in [-0.25, -0.2) is 4.57 Å². The number of phosphoric acid groups is 1. The number of phosphoric ester groups is 1. The normalized spacial score (nSPS) is 14.8. The topological polar surface area (TPSA) is 87.1 Å². The smallest absolute Gasteiger partial charge is 0.337 e. The Hall–Kier alpha value is -1.20. The van der Waals surface area contributed by atoms with Crippen molar-refractivity contribution in [2.24, 2.45) is 0 Å². The van der Waals surface area contributed by atoms with Gasteiger partial charge >= 0.3 is 7.82 Å². The Bertz CT molecular complexity index is 669. The molecule has 0 radical (unpaired) electrons. The third-order valence-corrected chi connectivity index (χ3v) is 6.06. The van der Waals surface area contributed by atoms with Gasteiger partial charge in [0.05, 0.1) is 0 Å². The summed E-state index contributed by atoms with van der Waals surface area (Å²) in [6, 6.07) is 8.63. The SMILES string of the molecule is CCCCCCCCc1ccccc1CCCCC(=O)N1CC(OP(=O)(O)O)C1. The summed E-state index contributed by atoms with van der Waals surface area (Å²) in [5.41, 5.74) is 2.84. The molecule has 1 aliphatic heterocycles. The highest BCUT2D eigenvalue weighted by Crippen LogP contribution is 2.39. The molecule has 0 aliphatic carbocycles. The molecule has 0 spiro atoms. The van der Waals surface area contributed by atoms with Gasteiger partial charge in [-0.15, -0.1) is 0 Å². The van der Waals surface area contributed by atoms with Crippen LogP contribution in [0.1, 0.15) is 75.8 Å². The zero-order chi connectivity index (χ0) is 21.1. The van der Waals surface area contributed by atoms with Crippen molar-refractivity contribution in [1.82, 2.24) is 4.90 Å². The predicted octanol–water partition coefficient (Wildman–Crippen LogP) is 4.62. The quantitative estimate of drug-likeness (QED) is 0.335. The summed E-state index contributed by atoms with van der Waals surface area (Å²) in [4.78, 5) is 31.3. The lowest BCUT2D eigenvalue weighted by Gasteiger charge is -2.38. The Kier molecular flexibility index (Phi) is 10.4. The molecule has 1 fully saturated rings. The van der Waals surface area contributed by atoms with Crippen LogP contribution in [0, 0.1) is 0 Å². The zero-order valence-corrected chi connectivity index (χ0v) is 18.5. The second kappa shape index (κ2) is 12.5. The third-order valence-electron chi connectivity index (χ3n) is 5.49. The number of rotatable bonds is 14. The van der Waals surface area contributed by atoms with Gasteiger partial charge in [0.1, 0.15) is 6.10 Å². The molecule has 1 heterocycles. The second-order valence-electron chi connectivity index (χ2n) is 8.01. The van der Waals surface area contributed by atoms with E-state index >= 15 is 0 Å². The van der Waals surface area contributed by atoms with Crippen molar-refractivity contribution >= 4 is 13.7 Å². The summed E-state index contributed by atoms with van der Waals surface area (Å²) < 4.78 is 15.4. The number of unbranched alkanes of at least 4 members (excludes halogenated alkanes) is 6. The number of amides is 1. The molecule has 2 rings (SSSR count). The van der Waals surface area contributed by atoms with Crippen LogP contribution in [0.2, 0.25) is 0 Å². The summed E-state index contributed by atoms with van der Waals surface area (Å²) in [6.07, 6.45) is 11.7. The van der Waals surface area contributed by atoms with Crippen LogP contribution in [0.15, 0.2) is 24.3 Å². The molecular formula is C22H36NO5P. The zero-order valence-electron chi connectivity index (χ0n) is 17.6. The Morgan fingerprint density at radius 1 is 1.00 bits per heavy atom. The Labute approximate surface area is 174 Å². The van der Waals surface area contributed by atoms with Gasteiger partial charge in [0.15, 0.2) is 0 Å². The molecule has 0 bridgehead atoms. The van der Waals surface area contributed by atoms with Crippen molar-refractivity contribution in [3.63, 3.8) is 0 Å². The van der Waals surface area contributed by atoms with E-state index in [4.69, 9.17) is 9.79 Å². The summed E-state index contributed by atoms with van der Waals surface area (Å²) in [5, 5.41) is 0. The molecule has 7 heteroatoms. The molecule has 0 unspecified atom stereocenters. The molecule has 0 atom stereocenters. The summed E-state index contributed by atoms with van der Waals surface area (Å²) in [6.45, 7) is 2.78. The first-order valence-corrected chi connectivity index (χ1v) is 12.5. The Morgan fingerprint density at radius 2 is 1.55 bits per heavy atom. The Balaban J connectivity index is 1.61. The van der Waals surface area contributed by atoms with E-state index in [1.165, 1.54) is 49.7 Å². The van der Waals surface area contributed by atoms with E-state index in [-0.39, 0.29) is 19.0 Å². The van der Waals surface area contributed by atoms with Crippen LogP contribution in [0.4, 0.5) is 0 Å². The molecule has 1 aromatic carbocycles. The fourth-order valence-electron chi connectivity index (χ4n) is 3.79. The number of hydrogen-bond acceptors (Lipinski definition) is 3. The van der Waals surface area contributed by atoms with Crippen molar-refractivity contribution in [1.29, 1.82) is 0 Å². The van der Waals surface area contributed by atoms with Gasteiger partial charge in [0, 0.05) is 19.5 Å². The van der Waals surface area contributed by atoms with Gasteiger partial charge in [-0.05, 0) is 43.2 Å². The van der Waals surface area contributed by atoms with Gasteiger partial charge in [-0.2, -0.15) is 0 Å². The number of carbonyl (C=O) groups excluding carboxylic acids is 1. The minimum Gasteiger partial charge on any atom is -0.337 e. The summed E-state index contributed by atoms with van der Waals surface area (Å²) >= 11 is 0. The lowest BCUT2D eigenvalue weighted by molar-refractivity contribution is -0.140. The monoisotopic (exact) mass is 425 g/mol. The third kappa shape index (κ3) is 9.43. The first-order chi connectivity index (χ1) is 13.9. The largest absolute Gasteiger partial charge is 0.469 e. The molecule has 0 saturated carbocycles. The van der Waals surface area contributed by atoms with Crippen molar-refractivity contribution in [3.8, 4) is 0 Å². The number of aryl methyl sites for hydroxylation is 2. The molecule has 1 aromatic rings. The first-order valence-electron chi connectivity index (χ1n) is 11.0. The Morgan fingerprint density at radius 3 is 2.14 bits per heavy atom. The van der Waals surface area contributed by atoms with E-state index in [0.717, 1.165) is 25.7 Å². The van der Waals surface area contributed by atoms with Gasteiger partial charge < -0.3 is 14.7 Å². The van der Waals surface area contributed by atoms with E-state index in [9.17, 15) is 9.36 Å². The maximum absolute atomic E-state index is 12.1. The number of benzene rings is 1. The van der Waals surface area contributed by atoms with Crippen LogP contribution in [0.5, 0.6) is 0 Å².